The maximum absolute atomic E-state index is 11.9. The van der Waals surface area contributed by atoms with Gasteiger partial charge in [-0.25, -0.2) is 4.98 Å². The first-order valence-electron chi connectivity index (χ1n) is 4.80. The molecule has 0 aliphatic carbocycles. The molecule has 0 aliphatic heterocycles. The lowest BCUT2D eigenvalue weighted by Gasteiger charge is -2.05. The van der Waals surface area contributed by atoms with Crippen molar-refractivity contribution in [3.63, 3.8) is 0 Å². The molecule has 2 aromatic rings. The summed E-state index contributed by atoms with van der Waals surface area (Å²) in [5.41, 5.74) is 1.60. The lowest BCUT2D eigenvalue weighted by Crippen LogP contribution is -2.24. The zero-order valence-electron chi connectivity index (χ0n) is 8.72. The highest BCUT2D eigenvalue weighted by atomic mass is 127. The quantitative estimate of drug-likeness (QED) is 0.787. The Morgan fingerprint density at radius 2 is 2.19 bits per heavy atom. The van der Waals surface area contributed by atoms with Crippen molar-refractivity contribution in [2.45, 2.75) is 13.5 Å². The number of pyridine rings is 1. The Hall–Kier alpha value is -1.24. The second kappa shape index (κ2) is 4.73. The van der Waals surface area contributed by atoms with Crippen LogP contribution in [-0.2, 0) is 6.54 Å². The fourth-order valence-electron chi connectivity index (χ4n) is 1.33. The lowest BCUT2D eigenvalue weighted by molar-refractivity contribution is 0.708. The largest absolute Gasteiger partial charge is 0.292 e. The number of hydrogen-bond acceptors (Lipinski definition) is 3. The lowest BCUT2D eigenvalue weighted by atomic mass is 10.3. The number of hydrogen-bond donors (Lipinski definition) is 0. The maximum Gasteiger partial charge on any atom is 0.267 e. The molecular weight excluding hydrogens is 317 g/mol. The van der Waals surface area contributed by atoms with Gasteiger partial charge in [0.25, 0.3) is 5.56 Å². The normalized spacial score (nSPS) is 10.4. The van der Waals surface area contributed by atoms with Gasteiger partial charge in [0.1, 0.15) is 0 Å². The van der Waals surface area contributed by atoms with E-state index in [4.69, 9.17) is 0 Å². The van der Waals surface area contributed by atoms with Gasteiger partial charge in [0.2, 0.25) is 0 Å². The third-order valence-corrected chi connectivity index (χ3v) is 3.46. The Morgan fingerprint density at radius 3 is 2.88 bits per heavy atom. The number of aromatic nitrogens is 3. The molecule has 0 aromatic carbocycles. The first kappa shape index (κ1) is 11.3. The average molecular weight is 327 g/mol. The molecule has 82 valence electrons. The van der Waals surface area contributed by atoms with Crippen LogP contribution in [0.25, 0.3) is 0 Å². The maximum atomic E-state index is 11.9. The first-order valence-corrected chi connectivity index (χ1v) is 5.88. The Kier molecular flexibility index (Phi) is 3.33. The molecule has 4 nitrogen and oxygen atoms in total. The fraction of sp³-hybridized carbons (Fsp3) is 0.182. The number of halogens is 1. The molecule has 5 heteroatoms. The van der Waals surface area contributed by atoms with Crippen molar-refractivity contribution in [1.29, 1.82) is 0 Å². The molecule has 0 bridgehead atoms. The van der Waals surface area contributed by atoms with Crippen LogP contribution in [0.4, 0.5) is 0 Å². The van der Waals surface area contributed by atoms with Gasteiger partial charge in [0.05, 0.1) is 27.8 Å². The van der Waals surface area contributed by atoms with Crippen molar-refractivity contribution < 1.29 is 0 Å². The zero-order valence-corrected chi connectivity index (χ0v) is 10.9. The van der Waals surface area contributed by atoms with Crippen LogP contribution in [0.1, 0.15) is 11.4 Å². The van der Waals surface area contributed by atoms with E-state index in [-0.39, 0.29) is 5.56 Å². The molecule has 0 atom stereocenters. The molecule has 2 aromatic heterocycles. The molecule has 0 saturated heterocycles. The third kappa shape index (κ3) is 2.29. The van der Waals surface area contributed by atoms with Crippen molar-refractivity contribution >= 4 is 22.6 Å². The van der Waals surface area contributed by atoms with Crippen LogP contribution in [0.3, 0.4) is 0 Å². The van der Waals surface area contributed by atoms with Gasteiger partial charge in [-0.15, -0.1) is 0 Å². The van der Waals surface area contributed by atoms with Crippen LogP contribution in [-0.4, -0.2) is 14.5 Å². The number of aryl methyl sites for hydroxylation is 1. The van der Waals surface area contributed by atoms with E-state index in [1.807, 2.05) is 47.7 Å². The second-order valence-electron chi connectivity index (χ2n) is 3.40. The summed E-state index contributed by atoms with van der Waals surface area (Å²) in [6.07, 6.45) is 3.28. The van der Waals surface area contributed by atoms with Gasteiger partial charge in [-0.2, -0.15) is 0 Å². The minimum atomic E-state index is -0.0150. The smallest absolute Gasteiger partial charge is 0.267 e. The van der Waals surface area contributed by atoms with E-state index in [9.17, 15) is 4.79 Å². The highest BCUT2D eigenvalue weighted by Crippen LogP contribution is 2.02. The van der Waals surface area contributed by atoms with E-state index in [2.05, 4.69) is 9.97 Å². The van der Waals surface area contributed by atoms with E-state index in [1.165, 1.54) is 0 Å². The summed E-state index contributed by atoms with van der Waals surface area (Å²) in [6.45, 7) is 2.29. The van der Waals surface area contributed by atoms with Crippen molar-refractivity contribution in [3.05, 3.63) is 56.0 Å². The van der Waals surface area contributed by atoms with E-state index >= 15 is 0 Å². The van der Waals surface area contributed by atoms with Crippen LogP contribution in [0.15, 0.2) is 35.5 Å². The molecule has 0 saturated carbocycles. The SMILES string of the molecule is Cc1ncn(Cc2ccccn2)c(=O)c1I. The van der Waals surface area contributed by atoms with Crippen LogP contribution in [0, 0.1) is 10.5 Å². The predicted molar refractivity (Wildman–Crippen MR) is 69.3 cm³/mol. The van der Waals surface area contributed by atoms with Crippen molar-refractivity contribution in [3.8, 4) is 0 Å². The van der Waals surface area contributed by atoms with E-state index in [0.29, 0.717) is 10.1 Å². The molecule has 0 N–H and O–H groups in total. The Bertz CT molecular complexity index is 551. The molecule has 2 rings (SSSR count). The summed E-state index contributed by atoms with van der Waals surface area (Å²) in [5.74, 6) is 0. The summed E-state index contributed by atoms with van der Waals surface area (Å²) in [4.78, 5) is 20.2. The highest BCUT2D eigenvalue weighted by Gasteiger charge is 2.05. The van der Waals surface area contributed by atoms with Gasteiger partial charge >= 0.3 is 0 Å². The van der Waals surface area contributed by atoms with Gasteiger partial charge in [-0.3, -0.25) is 14.3 Å². The van der Waals surface area contributed by atoms with Crippen molar-refractivity contribution in [2.24, 2.45) is 0 Å². The summed E-state index contributed by atoms with van der Waals surface area (Å²) < 4.78 is 2.23. The molecule has 0 unspecified atom stereocenters. The first-order chi connectivity index (χ1) is 7.68. The zero-order chi connectivity index (χ0) is 11.5. The minimum Gasteiger partial charge on any atom is -0.292 e. The van der Waals surface area contributed by atoms with Gasteiger partial charge in [-0.05, 0) is 41.6 Å². The minimum absolute atomic E-state index is 0.0150. The summed E-state index contributed by atoms with van der Waals surface area (Å²) in [6, 6.07) is 5.64. The predicted octanol–water partition coefficient (Wildman–Crippen LogP) is 1.60. The van der Waals surface area contributed by atoms with Crippen molar-refractivity contribution in [1.82, 2.24) is 14.5 Å². The van der Waals surface area contributed by atoms with E-state index in [0.717, 1.165) is 11.4 Å². The molecule has 2 heterocycles. The van der Waals surface area contributed by atoms with Crippen LogP contribution >= 0.6 is 22.6 Å². The van der Waals surface area contributed by atoms with Crippen LogP contribution < -0.4 is 5.56 Å². The highest BCUT2D eigenvalue weighted by molar-refractivity contribution is 14.1. The molecule has 16 heavy (non-hydrogen) atoms. The average Bonchev–Trinajstić information content (AvgIpc) is 2.31. The molecule has 0 aliphatic rings. The van der Waals surface area contributed by atoms with Crippen LogP contribution in [0.5, 0.6) is 0 Å². The molecule has 0 spiro atoms. The number of nitrogens with zero attached hydrogens (tertiary/aromatic N) is 3. The van der Waals surface area contributed by atoms with Crippen LogP contribution in [0.2, 0.25) is 0 Å². The summed E-state index contributed by atoms with van der Waals surface area (Å²) in [5, 5.41) is 0. The Labute approximate surface area is 107 Å². The van der Waals surface area contributed by atoms with E-state index < -0.39 is 0 Å². The van der Waals surface area contributed by atoms with E-state index in [1.54, 1.807) is 17.1 Å². The van der Waals surface area contributed by atoms with Gasteiger partial charge < -0.3 is 0 Å². The summed E-state index contributed by atoms with van der Waals surface area (Å²) in [7, 11) is 0. The molecule has 0 radical (unpaired) electrons. The summed E-state index contributed by atoms with van der Waals surface area (Å²) >= 11 is 2.02. The monoisotopic (exact) mass is 327 g/mol. The van der Waals surface area contributed by atoms with Crippen molar-refractivity contribution in [2.75, 3.05) is 0 Å². The second-order valence-corrected chi connectivity index (χ2v) is 4.48. The Morgan fingerprint density at radius 1 is 1.38 bits per heavy atom. The fourth-order valence-corrected chi connectivity index (χ4v) is 1.77. The van der Waals surface area contributed by atoms with Gasteiger partial charge in [-0.1, -0.05) is 6.07 Å². The Balaban J connectivity index is 2.37. The standard InChI is InChI=1S/C11H10IN3O/c1-8-10(12)11(16)15(7-14-8)6-9-4-2-3-5-13-9/h2-5,7H,6H2,1H3. The number of rotatable bonds is 2. The van der Waals surface area contributed by atoms with Gasteiger partial charge in [0, 0.05) is 6.20 Å². The molecule has 0 amide bonds. The topological polar surface area (TPSA) is 47.8 Å². The molecule has 0 fully saturated rings. The third-order valence-electron chi connectivity index (χ3n) is 2.22. The van der Waals surface area contributed by atoms with Gasteiger partial charge in [0.15, 0.2) is 0 Å². The molecular formula is C11H10IN3O.